The van der Waals surface area contributed by atoms with E-state index in [0.29, 0.717) is 37.2 Å². The predicted molar refractivity (Wildman–Crippen MR) is 93.0 cm³/mol. The molecule has 1 aliphatic carbocycles. The van der Waals surface area contributed by atoms with Crippen molar-refractivity contribution in [1.29, 1.82) is 0 Å². The number of amides is 2. The molecule has 2 amide bonds. The Bertz CT molecular complexity index is 611. The lowest BCUT2D eigenvalue weighted by molar-refractivity contribution is -0.142. The number of urea groups is 1. The predicted octanol–water partition coefficient (Wildman–Crippen LogP) is 2.71. The van der Waals surface area contributed by atoms with Crippen LogP contribution < -0.4 is 20.1 Å². The Balaban J connectivity index is 1.91. The van der Waals surface area contributed by atoms with Crippen LogP contribution in [0.3, 0.4) is 0 Å². The summed E-state index contributed by atoms with van der Waals surface area (Å²) in [5, 5.41) is 14.9. The Kier molecular flexibility index (Phi) is 6.50. The van der Waals surface area contributed by atoms with Crippen molar-refractivity contribution in [3.8, 4) is 11.5 Å². The number of hydrogen-bond donors (Lipinski definition) is 3. The zero-order valence-electron chi connectivity index (χ0n) is 14.9. The van der Waals surface area contributed by atoms with Gasteiger partial charge in [-0.1, -0.05) is 0 Å². The molecule has 0 aromatic heterocycles. The van der Waals surface area contributed by atoms with E-state index in [2.05, 4.69) is 10.6 Å². The van der Waals surface area contributed by atoms with Gasteiger partial charge in [0.25, 0.3) is 0 Å². The van der Waals surface area contributed by atoms with Crippen LogP contribution in [0, 0.1) is 5.92 Å². The number of rotatable bonds is 6. The van der Waals surface area contributed by atoms with E-state index < -0.39 is 5.97 Å². The highest BCUT2D eigenvalue weighted by atomic mass is 16.5. The van der Waals surface area contributed by atoms with Gasteiger partial charge in [0.2, 0.25) is 0 Å². The minimum absolute atomic E-state index is 0.00926. The molecule has 1 aromatic carbocycles. The summed E-state index contributed by atoms with van der Waals surface area (Å²) in [5.74, 6) is 0.329. The first-order chi connectivity index (χ1) is 11.9. The fourth-order valence-electron chi connectivity index (χ4n) is 3.16. The quantitative estimate of drug-likeness (QED) is 0.733. The van der Waals surface area contributed by atoms with Crippen molar-refractivity contribution in [3.05, 3.63) is 23.8 Å². The maximum absolute atomic E-state index is 12.3. The van der Waals surface area contributed by atoms with Crippen LogP contribution in [-0.4, -0.2) is 37.4 Å². The number of carbonyl (C=O) groups is 2. The normalized spacial score (nSPS) is 21.1. The van der Waals surface area contributed by atoms with Crippen LogP contribution in [0.5, 0.6) is 11.5 Å². The SMILES string of the molecule is COc1ccc(OC)c(C(C)NC(=O)NC2CCC(C(=O)O)CC2)c1. The number of methoxy groups -OCH3 is 2. The third-order valence-electron chi connectivity index (χ3n) is 4.66. The highest BCUT2D eigenvalue weighted by Crippen LogP contribution is 2.29. The van der Waals surface area contributed by atoms with Crippen molar-refractivity contribution in [3.63, 3.8) is 0 Å². The molecule has 1 aliphatic rings. The van der Waals surface area contributed by atoms with E-state index in [0.717, 1.165) is 5.56 Å². The van der Waals surface area contributed by atoms with Crippen LogP contribution in [0.1, 0.15) is 44.2 Å². The van der Waals surface area contributed by atoms with Gasteiger partial charge in [-0.2, -0.15) is 0 Å². The average molecular weight is 350 g/mol. The van der Waals surface area contributed by atoms with Crippen LogP contribution in [0.4, 0.5) is 4.79 Å². The molecule has 7 heteroatoms. The summed E-state index contributed by atoms with van der Waals surface area (Å²) < 4.78 is 10.6. The van der Waals surface area contributed by atoms with E-state index in [9.17, 15) is 9.59 Å². The Morgan fingerprint density at radius 1 is 1.16 bits per heavy atom. The minimum Gasteiger partial charge on any atom is -0.497 e. The third kappa shape index (κ3) is 5.01. The number of hydrogen-bond acceptors (Lipinski definition) is 4. The smallest absolute Gasteiger partial charge is 0.315 e. The summed E-state index contributed by atoms with van der Waals surface area (Å²) in [5.41, 5.74) is 0.826. The molecule has 0 bridgehead atoms. The summed E-state index contributed by atoms with van der Waals surface area (Å²) in [6, 6.07) is 4.92. The maximum atomic E-state index is 12.3. The lowest BCUT2D eigenvalue weighted by atomic mass is 9.86. The van der Waals surface area contributed by atoms with Crippen LogP contribution >= 0.6 is 0 Å². The molecule has 7 nitrogen and oxygen atoms in total. The molecule has 1 unspecified atom stereocenters. The molecule has 2 rings (SSSR count). The van der Waals surface area contributed by atoms with Crippen LogP contribution in [0.15, 0.2) is 18.2 Å². The molecule has 0 saturated heterocycles. The average Bonchev–Trinajstić information content (AvgIpc) is 2.61. The molecule has 1 saturated carbocycles. The molecule has 0 radical (unpaired) electrons. The van der Waals surface area contributed by atoms with E-state index in [1.165, 1.54) is 0 Å². The minimum atomic E-state index is -0.748. The van der Waals surface area contributed by atoms with Crippen LogP contribution in [0.25, 0.3) is 0 Å². The van der Waals surface area contributed by atoms with Crippen molar-refractivity contribution in [2.24, 2.45) is 5.92 Å². The van der Waals surface area contributed by atoms with Gasteiger partial charge in [-0.15, -0.1) is 0 Å². The molecule has 0 heterocycles. The third-order valence-corrected chi connectivity index (χ3v) is 4.66. The summed E-state index contributed by atoms with van der Waals surface area (Å²) in [7, 11) is 3.17. The van der Waals surface area contributed by atoms with Gasteiger partial charge in [-0.05, 0) is 50.8 Å². The number of aliphatic carboxylic acids is 1. The second kappa shape index (κ2) is 8.60. The van der Waals surface area contributed by atoms with E-state index in [1.54, 1.807) is 26.4 Å². The first-order valence-electron chi connectivity index (χ1n) is 8.46. The number of carboxylic acid groups (broad SMARTS) is 1. The highest BCUT2D eigenvalue weighted by Gasteiger charge is 2.27. The van der Waals surface area contributed by atoms with Crippen molar-refractivity contribution in [2.75, 3.05) is 14.2 Å². The molecule has 3 N–H and O–H groups in total. The number of carboxylic acids is 1. The molecule has 0 spiro atoms. The summed E-state index contributed by atoms with van der Waals surface area (Å²) in [6.45, 7) is 1.87. The number of ether oxygens (including phenoxy) is 2. The second-order valence-corrected chi connectivity index (χ2v) is 6.33. The molecule has 138 valence electrons. The lowest BCUT2D eigenvalue weighted by Gasteiger charge is -2.27. The lowest BCUT2D eigenvalue weighted by Crippen LogP contribution is -2.44. The van der Waals surface area contributed by atoms with Crippen molar-refractivity contribution >= 4 is 12.0 Å². The van der Waals surface area contributed by atoms with Gasteiger partial charge in [0.05, 0.1) is 26.2 Å². The molecule has 1 aromatic rings. The topological polar surface area (TPSA) is 96.9 Å². The Morgan fingerprint density at radius 3 is 2.40 bits per heavy atom. The van der Waals surface area contributed by atoms with E-state index in [1.807, 2.05) is 13.0 Å². The summed E-state index contributed by atoms with van der Waals surface area (Å²) in [6.07, 6.45) is 2.56. The number of carbonyl (C=O) groups excluding carboxylic acids is 1. The van der Waals surface area contributed by atoms with E-state index in [-0.39, 0.29) is 24.0 Å². The largest absolute Gasteiger partial charge is 0.497 e. The van der Waals surface area contributed by atoms with Crippen molar-refractivity contribution in [2.45, 2.75) is 44.7 Å². The Hall–Kier alpha value is -2.44. The van der Waals surface area contributed by atoms with Gasteiger partial charge in [-0.25, -0.2) is 4.79 Å². The zero-order chi connectivity index (χ0) is 18.4. The van der Waals surface area contributed by atoms with Gasteiger partial charge < -0.3 is 25.2 Å². The summed E-state index contributed by atoms with van der Waals surface area (Å²) >= 11 is 0. The first kappa shape index (κ1) is 18.9. The highest BCUT2D eigenvalue weighted by molar-refractivity contribution is 5.75. The molecule has 1 atom stereocenters. The molecule has 0 aliphatic heterocycles. The number of benzene rings is 1. The van der Waals surface area contributed by atoms with Gasteiger partial charge in [0, 0.05) is 11.6 Å². The standard InChI is InChI=1S/C18H26N2O5/c1-11(15-10-14(24-2)8-9-16(15)25-3)19-18(23)20-13-6-4-12(5-7-13)17(21)22/h8-13H,4-7H2,1-3H3,(H,21,22)(H2,19,20,23). The fourth-order valence-corrected chi connectivity index (χ4v) is 3.16. The molecular formula is C18H26N2O5. The fraction of sp³-hybridized carbons (Fsp3) is 0.556. The van der Waals surface area contributed by atoms with Gasteiger partial charge in [0.1, 0.15) is 11.5 Å². The zero-order valence-corrected chi connectivity index (χ0v) is 14.9. The molecular weight excluding hydrogens is 324 g/mol. The van der Waals surface area contributed by atoms with Gasteiger partial charge >= 0.3 is 12.0 Å². The molecule has 25 heavy (non-hydrogen) atoms. The summed E-state index contributed by atoms with van der Waals surface area (Å²) in [4.78, 5) is 23.2. The molecule has 1 fully saturated rings. The van der Waals surface area contributed by atoms with Gasteiger partial charge in [0.15, 0.2) is 0 Å². The van der Waals surface area contributed by atoms with Crippen molar-refractivity contribution in [1.82, 2.24) is 10.6 Å². The Morgan fingerprint density at radius 2 is 1.84 bits per heavy atom. The van der Waals surface area contributed by atoms with E-state index in [4.69, 9.17) is 14.6 Å². The van der Waals surface area contributed by atoms with Crippen molar-refractivity contribution < 1.29 is 24.2 Å². The monoisotopic (exact) mass is 350 g/mol. The maximum Gasteiger partial charge on any atom is 0.315 e. The van der Waals surface area contributed by atoms with Crippen LogP contribution in [0.2, 0.25) is 0 Å². The van der Waals surface area contributed by atoms with E-state index >= 15 is 0 Å². The Labute approximate surface area is 147 Å². The second-order valence-electron chi connectivity index (χ2n) is 6.33. The van der Waals surface area contributed by atoms with Gasteiger partial charge in [-0.3, -0.25) is 4.79 Å². The number of nitrogens with one attached hydrogen (secondary N) is 2. The van der Waals surface area contributed by atoms with Crippen LogP contribution in [-0.2, 0) is 4.79 Å². The first-order valence-corrected chi connectivity index (χ1v) is 8.46.